The number of para-hydroxylation sites is 1. The van der Waals surface area contributed by atoms with E-state index in [1.54, 1.807) is 6.20 Å². The van der Waals surface area contributed by atoms with E-state index in [1.165, 1.54) is 5.56 Å². The number of furan rings is 1. The van der Waals surface area contributed by atoms with Crippen molar-refractivity contribution in [3.05, 3.63) is 121 Å². The maximum atomic E-state index is 6.14. The third kappa shape index (κ3) is 4.84. The van der Waals surface area contributed by atoms with Crippen molar-refractivity contribution in [1.29, 1.82) is 0 Å². The van der Waals surface area contributed by atoms with E-state index in [0.717, 1.165) is 50.0 Å². The van der Waals surface area contributed by atoms with Gasteiger partial charge in [-0.1, -0.05) is 52.9 Å². The molecule has 0 saturated carbocycles. The second kappa shape index (κ2) is 10.6. The summed E-state index contributed by atoms with van der Waals surface area (Å²) < 4.78 is 6.14. The van der Waals surface area contributed by atoms with Crippen molar-refractivity contribution in [1.82, 2.24) is 9.97 Å². The van der Waals surface area contributed by atoms with Crippen molar-refractivity contribution in [2.75, 3.05) is 0 Å². The fraction of sp³-hybridized carbons (Fsp3) is 0.0667. The van der Waals surface area contributed by atoms with Crippen molar-refractivity contribution in [3.63, 3.8) is 0 Å². The molecule has 169 valence electrons. The van der Waals surface area contributed by atoms with E-state index in [0.29, 0.717) is 0 Å². The van der Waals surface area contributed by atoms with Crippen LogP contribution in [-0.4, -0.2) is 9.97 Å². The molecule has 34 heavy (non-hydrogen) atoms. The van der Waals surface area contributed by atoms with Gasteiger partial charge in [0.05, 0.1) is 5.58 Å². The van der Waals surface area contributed by atoms with Crippen LogP contribution in [0.25, 0.3) is 44.5 Å². The topological polar surface area (TPSA) is 38.9 Å². The molecule has 0 aliphatic heterocycles. The second-order valence-corrected chi connectivity index (χ2v) is 7.86. The number of benzene rings is 3. The zero-order valence-corrected chi connectivity index (χ0v) is 21.3. The van der Waals surface area contributed by atoms with Crippen molar-refractivity contribution < 1.29 is 24.5 Å². The van der Waals surface area contributed by atoms with Gasteiger partial charge in [-0.3, -0.25) is 0 Å². The minimum atomic E-state index is 0. The van der Waals surface area contributed by atoms with Gasteiger partial charge < -0.3 is 14.4 Å². The molecule has 3 aromatic heterocycles. The van der Waals surface area contributed by atoms with Crippen molar-refractivity contribution >= 4 is 21.9 Å². The van der Waals surface area contributed by atoms with E-state index in [9.17, 15) is 0 Å². The Labute approximate surface area is 212 Å². The van der Waals surface area contributed by atoms with Gasteiger partial charge in [-0.15, -0.1) is 54.1 Å². The van der Waals surface area contributed by atoms with E-state index in [2.05, 4.69) is 66.3 Å². The molecule has 0 unspecified atom stereocenters. The van der Waals surface area contributed by atoms with Crippen molar-refractivity contribution in [2.24, 2.45) is 0 Å². The summed E-state index contributed by atoms with van der Waals surface area (Å²) in [5.41, 5.74) is 7.96. The summed E-state index contributed by atoms with van der Waals surface area (Å²) in [7, 11) is 0. The molecule has 0 amide bonds. The summed E-state index contributed by atoms with van der Waals surface area (Å²) in [4.78, 5) is 8.68. The molecule has 3 aromatic carbocycles. The standard InChI is InChI=1S/C19H14NO.C11H8N.Ir/c1-12-9-10-20-17(11-12)16-8-4-7-15-14-6-3-5-13(2)18(14)21-19(15)16;1-2-6-10(7-3-1)11-8-4-5-9-12-11;/h3-7,9-11H,1-2H3;1-6,8-9H;/q2*-1;. The van der Waals surface area contributed by atoms with Crippen LogP contribution < -0.4 is 0 Å². The number of pyridine rings is 2. The predicted molar refractivity (Wildman–Crippen MR) is 134 cm³/mol. The minimum absolute atomic E-state index is 0. The summed E-state index contributed by atoms with van der Waals surface area (Å²) in [6, 6.07) is 34.4. The first-order valence-electron chi connectivity index (χ1n) is 10.8. The maximum Gasteiger partial charge on any atom is 0.123 e. The number of rotatable bonds is 2. The molecular weight excluding hydrogens is 597 g/mol. The molecule has 0 aliphatic rings. The Morgan fingerprint density at radius 1 is 0.676 bits per heavy atom. The third-order valence-electron chi connectivity index (χ3n) is 5.48. The summed E-state index contributed by atoms with van der Waals surface area (Å²) in [5, 5.41) is 2.26. The zero-order valence-electron chi connectivity index (χ0n) is 18.9. The molecule has 0 atom stereocenters. The molecule has 0 bridgehead atoms. The van der Waals surface area contributed by atoms with E-state index in [4.69, 9.17) is 4.42 Å². The first kappa shape index (κ1) is 23.6. The van der Waals surface area contributed by atoms with Gasteiger partial charge in [0.2, 0.25) is 0 Å². The van der Waals surface area contributed by atoms with Gasteiger partial charge in [0.15, 0.2) is 0 Å². The van der Waals surface area contributed by atoms with Gasteiger partial charge in [0.25, 0.3) is 0 Å². The largest absolute Gasteiger partial charge is 0.500 e. The fourth-order valence-corrected chi connectivity index (χ4v) is 3.84. The SMILES string of the molecule is Cc1ccnc(-c2[c-]ccc3c2oc2c(C)cccc23)c1.[Ir].[c-]1ccccc1-c1ccccn1. The summed E-state index contributed by atoms with van der Waals surface area (Å²) in [6.07, 6.45) is 3.61. The summed E-state index contributed by atoms with van der Waals surface area (Å²) in [5.74, 6) is 0. The van der Waals surface area contributed by atoms with Gasteiger partial charge in [-0.05, 0) is 42.9 Å². The van der Waals surface area contributed by atoms with Crippen LogP contribution in [0, 0.1) is 26.0 Å². The number of hydrogen-bond donors (Lipinski definition) is 0. The van der Waals surface area contributed by atoms with Crippen LogP contribution in [0.3, 0.4) is 0 Å². The Balaban J connectivity index is 0.000000180. The molecule has 3 heterocycles. The molecule has 6 rings (SSSR count). The quantitative estimate of drug-likeness (QED) is 0.188. The normalized spacial score (nSPS) is 10.4. The van der Waals surface area contributed by atoms with Crippen LogP contribution in [-0.2, 0) is 20.1 Å². The molecule has 0 saturated heterocycles. The molecule has 6 aromatic rings. The first-order chi connectivity index (χ1) is 16.2. The number of hydrogen-bond acceptors (Lipinski definition) is 3. The monoisotopic (exact) mass is 619 g/mol. The van der Waals surface area contributed by atoms with Crippen LogP contribution in [0.2, 0.25) is 0 Å². The number of fused-ring (bicyclic) bond motifs is 3. The van der Waals surface area contributed by atoms with Crippen LogP contribution in [0.1, 0.15) is 11.1 Å². The van der Waals surface area contributed by atoms with E-state index >= 15 is 0 Å². The van der Waals surface area contributed by atoms with Crippen LogP contribution in [0.4, 0.5) is 0 Å². The minimum Gasteiger partial charge on any atom is -0.500 e. The smallest absolute Gasteiger partial charge is 0.123 e. The Bertz CT molecular complexity index is 1490. The van der Waals surface area contributed by atoms with E-state index in [1.807, 2.05) is 60.8 Å². The number of nitrogens with zero attached hydrogens (tertiary/aromatic N) is 2. The van der Waals surface area contributed by atoms with E-state index in [-0.39, 0.29) is 20.1 Å². The average molecular weight is 619 g/mol. The van der Waals surface area contributed by atoms with Crippen LogP contribution in [0.15, 0.2) is 102 Å². The maximum absolute atomic E-state index is 6.14. The Kier molecular flexibility index (Phi) is 7.32. The Morgan fingerprint density at radius 2 is 1.50 bits per heavy atom. The van der Waals surface area contributed by atoms with Gasteiger partial charge in [-0.2, -0.15) is 0 Å². The zero-order chi connectivity index (χ0) is 22.6. The number of aryl methyl sites for hydroxylation is 2. The molecule has 0 fully saturated rings. The molecule has 1 radical (unpaired) electrons. The Morgan fingerprint density at radius 3 is 2.26 bits per heavy atom. The second-order valence-electron chi connectivity index (χ2n) is 7.86. The average Bonchev–Trinajstić information content (AvgIpc) is 3.26. The van der Waals surface area contributed by atoms with Gasteiger partial charge in [0, 0.05) is 37.9 Å². The first-order valence-corrected chi connectivity index (χ1v) is 10.8. The molecule has 0 N–H and O–H groups in total. The molecular formula is C30H22IrN2O-2. The summed E-state index contributed by atoms with van der Waals surface area (Å²) >= 11 is 0. The molecule has 3 nitrogen and oxygen atoms in total. The van der Waals surface area contributed by atoms with Gasteiger partial charge >= 0.3 is 0 Å². The molecule has 4 heteroatoms. The summed E-state index contributed by atoms with van der Waals surface area (Å²) in [6.45, 7) is 4.13. The van der Waals surface area contributed by atoms with Crippen molar-refractivity contribution in [3.8, 4) is 22.5 Å². The van der Waals surface area contributed by atoms with Crippen LogP contribution in [0.5, 0.6) is 0 Å². The Hall–Kier alpha value is -3.59. The third-order valence-corrected chi connectivity index (χ3v) is 5.48. The van der Waals surface area contributed by atoms with E-state index < -0.39 is 0 Å². The molecule has 0 spiro atoms. The van der Waals surface area contributed by atoms with Gasteiger partial charge in [-0.25, -0.2) is 0 Å². The predicted octanol–water partition coefficient (Wildman–Crippen LogP) is 7.61. The fourth-order valence-electron chi connectivity index (χ4n) is 3.84. The number of aromatic nitrogens is 2. The van der Waals surface area contributed by atoms with Crippen molar-refractivity contribution in [2.45, 2.75) is 13.8 Å². The van der Waals surface area contributed by atoms with Gasteiger partial charge in [0.1, 0.15) is 5.58 Å². The molecule has 0 aliphatic carbocycles. The van der Waals surface area contributed by atoms with Crippen LogP contribution >= 0.6 is 0 Å².